The van der Waals surface area contributed by atoms with Gasteiger partial charge in [0.2, 0.25) is 0 Å². The third kappa shape index (κ3) is 5.41. The summed E-state index contributed by atoms with van der Waals surface area (Å²) in [5.74, 6) is -1.98. The molecule has 0 aliphatic carbocycles. The van der Waals surface area contributed by atoms with Crippen LogP contribution in [0.25, 0.3) is 0 Å². The number of nitrogens with zero attached hydrogens (tertiary/aromatic N) is 1. The van der Waals surface area contributed by atoms with Crippen molar-refractivity contribution in [2.24, 2.45) is 10.8 Å². The van der Waals surface area contributed by atoms with Gasteiger partial charge in [-0.25, -0.2) is 10.2 Å². The molecule has 8 heteroatoms. The molecule has 1 amide bonds. The molecule has 0 saturated heterocycles. The fourth-order valence-corrected chi connectivity index (χ4v) is 1.59. The number of hydrogen-bond donors (Lipinski definition) is 3. The lowest BCUT2D eigenvalue weighted by molar-refractivity contribution is -0.131. The Morgan fingerprint density at radius 2 is 1.79 bits per heavy atom. The molecule has 1 aromatic carbocycles. The Hall–Kier alpha value is -2.05. The van der Waals surface area contributed by atoms with Crippen LogP contribution in [0.4, 0.5) is 0 Å². The SMILES string of the molecule is N/C(=N\NC(=O)/C=C\C(=O)O)c1cc(Cl)cc(Cl)c1. The summed E-state index contributed by atoms with van der Waals surface area (Å²) in [5.41, 5.74) is 8.11. The molecule has 0 radical (unpaired) electrons. The maximum atomic E-state index is 11.1. The van der Waals surface area contributed by atoms with Gasteiger partial charge in [-0.2, -0.15) is 5.10 Å². The number of aliphatic carboxylic acids is 1. The van der Waals surface area contributed by atoms with Crippen LogP contribution >= 0.6 is 23.2 Å². The van der Waals surface area contributed by atoms with E-state index >= 15 is 0 Å². The second-order valence-electron chi connectivity index (χ2n) is 3.30. The van der Waals surface area contributed by atoms with Crippen LogP contribution in [0, 0.1) is 0 Å². The third-order valence-corrected chi connectivity index (χ3v) is 2.26. The predicted octanol–water partition coefficient (Wildman–Crippen LogP) is 1.37. The van der Waals surface area contributed by atoms with Gasteiger partial charge in [0, 0.05) is 27.8 Å². The number of hydrogen-bond acceptors (Lipinski definition) is 3. The highest BCUT2D eigenvalue weighted by Crippen LogP contribution is 2.18. The second-order valence-corrected chi connectivity index (χ2v) is 4.18. The molecule has 0 unspecified atom stereocenters. The number of carbonyl (C=O) groups excluding carboxylic acids is 1. The van der Waals surface area contributed by atoms with Crippen LogP contribution in [-0.4, -0.2) is 22.8 Å². The van der Waals surface area contributed by atoms with Gasteiger partial charge in [-0.05, 0) is 18.2 Å². The molecule has 0 aliphatic heterocycles. The minimum atomic E-state index is -1.24. The van der Waals surface area contributed by atoms with Crippen molar-refractivity contribution in [3.8, 4) is 0 Å². The van der Waals surface area contributed by atoms with Gasteiger partial charge in [0.05, 0.1) is 0 Å². The Kier molecular flexibility index (Phi) is 5.35. The summed E-state index contributed by atoms with van der Waals surface area (Å²) in [6, 6.07) is 4.56. The van der Waals surface area contributed by atoms with Crippen molar-refractivity contribution in [1.82, 2.24) is 5.43 Å². The van der Waals surface area contributed by atoms with E-state index in [0.717, 1.165) is 6.08 Å². The monoisotopic (exact) mass is 301 g/mol. The van der Waals surface area contributed by atoms with Gasteiger partial charge in [-0.1, -0.05) is 23.2 Å². The summed E-state index contributed by atoms with van der Waals surface area (Å²) in [7, 11) is 0. The maximum absolute atomic E-state index is 11.1. The van der Waals surface area contributed by atoms with Gasteiger partial charge in [-0.15, -0.1) is 0 Å². The van der Waals surface area contributed by atoms with Crippen molar-refractivity contribution in [2.45, 2.75) is 0 Å². The highest BCUT2D eigenvalue weighted by molar-refractivity contribution is 6.35. The summed E-state index contributed by atoms with van der Waals surface area (Å²) >= 11 is 11.6. The van der Waals surface area contributed by atoms with Crippen molar-refractivity contribution in [1.29, 1.82) is 0 Å². The van der Waals surface area contributed by atoms with E-state index in [4.69, 9.17) is 34.0 Å². The molecule has 1 aromatic rings. The molecule has 0 aromatic heterocycles. The molecule has 0 heterocycles. The van der Waals surface area contributed by atoms with Crippen molar-refractivity contribution in [2.75, 3.05) is 0 Å². The van der Waals surface area contributed by atoms with Gasteiger partial charge in [0.1, 0.15) is 0 Å². The molecule has 0 saturated carbocycles. The number of halogens is 2. The molecule has 19 heavy (non-hydrogen) atoms. The number of amidine groups is 1. The van der Waals surface area contributed by atoms with Crippen LogP contribution in [-0.2, 0) is 9.59 Å². The first-order valence-corrected chi connectivity index (χ1v) is 5.64. The first-order valence-electron chi connectivity index (χ1n) is 4.89. The Bertz CT molecular complexity index is 550. The number of benzene rings is 1. The van der Waals surface area contributed by atoms with E-state index in [1.807, 2.05) is 0 Å². The number of nitrogens with one attached hydrogen (secondary N) is 1. The number of rotatable bonds is 4. The minimum Gasteiger partial charge on any atom is -0.478 e. The Morgan fingerprint density at radius 1 is 1.21 bits per heavy atom. The Morgan fingerprint density at radius 3 is 2.32 bits per heavy atom. The van der Waals surface area contributed by atoms with Crippen LogP contribution in [0.5, 0.6) is 0 Å². The Labute approximate surface area is 118 Å². The lowest BCUT2D eigenvalue weighted by Crippen LogP contribution is -2.22. The lowest BCUT2D eigenvalue weighted by Gasteiger charge is -2.02. The smallest absolute Gasteiger partial charge is 0.328 e. The summed E-state index contributed by atoms with van der Waals surface area (Å²) in [4.78, 5) is 21.3. The number of nitrogens with two attached hydrogens (primary N) is 1. The Balaban J connectivity index is 2.77. The summed E-state index contributed by atoms with van der Waals surface area (Å²) in [5, 5.41) is 12.7. The normalized spacial score (nSPS) is 11.6. The average Bonchev–Trinajstić information content (AvgIpc) is 2.32. The van der Waals surface area contributed by atoms with Crippen molar-refractivity contribution in [3.05, 3.63) is 46.0 Å². The molecule has 0 fully saturated rings. The van der Waals surface area contributed by atoms with Crippen LogP contribution in [0.2, 0.25) is 10.0 Å². The van der Waals surface area contributed by atoms with Gasteiger partial charge in [-0.3, -0.25) is 4.79 Å². The third-order valence-electron chi connectivity index (χ3n) is 1.82. The first-order chi connectivity index (χ1) is 8.88. The quantitative estimate of drug-likeness (QED) is 0.338. The summed E-state index contributed by atoms with van der Waals surface area (Å²) in [6.45, 7) is 0. The van der Waals surface area contributed by atoms with Gasteiger partial charge in [0.25, 0.3) is 5.91 Å². The van der Waals surface area contributed by atoms with E-state index < -0.39 is 11.9 Å². The molecular weight excluding hydrogens is 293 g/mol. The second kappa shape index (κ2) is 6.77. The number of hydrazone groups is 1. The van der Waals surface area contributed by atoms with E-state index in [9.17, 15) is 9.59 Å². The highest BCUT2D eigenvalue weighted by atomic mass is 35.5. The van der Waals surface area contributed by atoms with E-state index in [2.05, 4.69) is 10.5 Å². The molecule has 0 aliphatic rings. The number of carbonyl (C=O) groups is 2. The van der Waals surface area contributed by atoms with Crippen LogP contribution in [0.15, 0.2) is 35.5 Å². The lowest BCUT2D eigenvalue weighted by atomic mass is 10.2. The van der Waals surface area contributed by atoms with E-state index in [1.54, 1.807) is 0 Å². The van der Waals surface area contributed by atoms with Crippen molar-refractivity contribution >= 4 is 40.9 Å². The molecule has 4 N–H and O–H groups in total. The molecule has 0 spiro atoms. The summed E-state index contributed by atoms with van der Waals surface area (Å²) in [6.07, 6.45) is 1.49. The zero-order valence-corrected chi connectivity index (χ0v) is 10.9. The molecule has 0 bridgehead atoms. The molecule has 0 atom stereocenters. The van der Waals surface area contributed by atoms with Crippen LogP contribution in [0.3, 0.4) is 0 Å². The minimum absolute atomic E-state index is 0.0125. The number of carboxylic acids is 1. The molecule has 100 valence electrons. The zero-order valence-electron chi connectivity index (χ0n) is 9.43. The van der Waals surface area contributed by atoms with E-state index in [-0.39, 0.29) is 5.84 Å². The first kappa shape index (κ1) is 15.0. The van der Waals surface area contributed by atoms with Crippen LogP contribution < -0.4 is 11.2 Å². The number of amides is 1. The fraction of sp³-hybridized carbons (Fsp3) is 0. The molecular formula is C11H9Cl2N3O3. The van der Waals surface area contributed by atoms with Gasteiger partial charge >= 0.3 is 5.97 Å². The predicted molar refractivity (Wildman–Crippen MR) is 72.1 cm³/mol. The topological polar surface area (TPSA) is 105 Å². The largest absolute Gasteiger partial charge is 0.478 e. The fourth-order valence-electron chi connectivity index (χ4n) is 1.07. The number of carboxylic acid groups (broad SMARTS) is 1. The standard InChI is InChI=1S/C11H9Cl2N3O3/c12-7-3-6(4-8(13)5-7)11(14)16-15-9(17)1-2-10(18)19/h1-5H,(H2,14,16)(H,15,17)(H,18,19)/b2-1-. The van der Waals surface area contributed by atoms with Crippen LogP contribution in [0.1, 0.15) is 5.56 Å². The van der Waals surface area contributed by atoms with Crippen molar-refractivity contribution < 1.29 is 14.7 Å². The highest BCUT2D eigenvalue weighted by Gasteiger charge is 2.03. The van der Waals surface area contributed by atoms with E-state index in [1.165, 1.54) is 18.2 Å². The summed E-state index contributed by atoms with van der Waals surface area (Å²) < 4.78 is 0. The van der Waals surface area contributed by atoms with Crippen molar-refractivity contribution in [3.63, 3.8) is 0 Å². The van der Waals surface area contributed by atoms with Gasteiger partial charge < -0.3 is 10.8 Å². The average molecular weight is 302 g/mol. The molecule has 1 rings (SSSR count). The maximum Gasteiger partial charge on any atom is 0.328 e. The zero-order chi connectivity index (χ0) is 14.4. The molecule has 6 nitrogen and oxygen atoms in total. The van der Waals surface area contributed by atoms with Gasteiger partial charge in [0.15, 0.2) is 5.84 Å². The van der Waals surface area contributed by atoms with E-state index in [0.29, 0.717) is 21.7 Å².